The fourth-order valence-corrected chi connectivity index (χ4v) is 4.80. The Hall–Kier alpha value is -2.04. The average molecular weight is 365 g/mol. The molecule has 2 heterocycles. The fourth-order valence-electron chi connectivity index (χ4n) is 4.80. The van der Waals surface area contributed by atoms with Crippen molar-refractivity contribution in [2.75, 3.05) is 56.1 Å². The van der Waals surface area contributed by atoms with E-state index in [9.17, 15) is 0 Å². The number of para-hydroxylation sites is 2. The highest BCUT2D eigenvalue weighted by molar-refractivity contribution is 5.51. The molecule has 2 atom stereocenters. The van der Waals surface area contributed by atoms with Crippen molar-refractivity contribution in [3.05, 3.63) is 60.7 Å². The molecule has 2 aliphatic rings. The number of benzene rings is 2. The van der Waals surface area contributed by atoms with Crippen molar-refractivity contribution in [3.8, 4) is 0 Å². The second kappa shape index (κ2) is 7.91. The number of hydrogen-bond donors (Lipinski definition) is 1. The summed E-state index contributed by atoms with van der Waals surface area (Å²) < 4.78 is 0. The molecule has 2 fully saturated rings. The predicted octanol–water partition coefficient (Wildman–Crippen LogP) is 3.07. The molecule has 144 valence electrons. The quantitative estimate of drug-likeness (QED) is 0.900. The number of anilines is 2. The van der Waals surface area contributed by atoms with Gasteiger partial charge in [0.25, 0.3) is 0 Å². The third kappa shape index (κ3) is 3.97. The van der Waals surface area contributed by atoms with E-state index in [0.717, 1.165) is 45.7 Å². The third-order valence-electron chi connectivity index (χ3n) is 6.19. The Morgan fingerprint density at radius 1 is 0.926 bits per heavy atom. The first-order valence-corrected chi connectivity index (χ1v) is 10.2. The molecule has 0 spiro atoms. The lowest BCUT2D eigenvalue weighted by Gasteiger charge is -2.51. The zero-order valence-electron chi connectivity index (χ0n) is 16.6. The zero-order chi connectivity index (χ0) is 18.7. The number of nitrogens with one attached hydrogen (secondary N) is 1. The van der Waals surface area contributed by atoms with Gasteiger partial charge in [-0.3, -0.25) is 0 Å². The number of hydrogen-bond acceptors (Lipinski definition) is 4. The van der Waals surface area contributed by atoms with Crippen LogP contribution in [0.5, 0.6) is 0 Å². The SMILES string of the molecule is CN1CCN(c2ccccc2)C(CC2(C)CNCCN2c2ccccc2)C1. The normalized spacial score (nSPS) is 27.0. The first kappa shape index (κ1) is 18.3. The number of likely N-dealkylation sites (N-methyl/N-ethyl adjacent to an activating group) is 1. The van der Waals surface area contributed by atoms with E-state index in [1.54, 1.807) is 0 Å². The van der Waals surface area contributed by atoms with Gasteiger partial charge in [-0.2, -0.15) is 0 Å². The Labute approximate surface area is 163 Å². The van der Waals surface area contributed by atoms with E-state index < -0.39 is 0 Å². The van der Waals surface area contributed by atoms with E-state index in [0.29, 0.717) is 6.04 Å². The van der Waals surface area contributed by atoms with Gasteiger partial charge in [0.1, 0.15) is 0 Å². The van der Waals surface area contributed by atoms with Crippen LogP contribution in [0.3, 0.4) is 0 Å². The van der Waals surface area contributed by atoms with E-state index in [1.807, 2.05) is 0 Å². The van der Waals surface area contributed by atoms with Crippen LogP contribution in [0.15, 0.2) is 60.7 Å². The molecule has 2 unspecified atom stereocenters. The van der Waals surface area contributed by atoms with Crippen LogP contribution in [-0.2, 0) is 0 Å². The van der Waals surface area contributed by atoms with Gasteiger partial charge >= 0.3 is 0 Å². The van der Waals surface area contributed by atoms with Gasteiger partial charge in [-0.25, -0.2) is 0 Å². The minimum Gasteiger partial charge on any atom is -0.366 e. The van der Waals surface area contributed by atoms with Gasteiger partial charge in [-0.05, 0) is 44.7 Å². The number of piperazine rings is 2. The Morgan fingerprint density at radius 2 is 1.59 bits per heavy atom. The topological polar surface area (TPSA) is 21.8 Å². The molecule has 0 bridgehead atoms. The summed E-state index contributed by atoms with van der Waals surface area (Å²) >= 11 is 0. The Balaban J connectivity index is 1.60. The van der Waals surface area contributed by atoms with Crippen LogP contribution in [0.1, 0.15) is 13.3 Å². The molecule has 0 aromatic heterocycles. The Bertz CT molecular complexity index is 720. The van der Waals surface area contributed by atoms with Crippen LogP contribution in [-0.4, -0.2) is 62.8 Å². The van der Waals surface area contributed by atoms with E-state index in [-0.39, 0.29) is 5.54 Å². The van der Waals surface area contributed by atoms with Gasteiger partial charge in [-0.1, -0.05) is 36.4 Å². The van der Waals surface area contributed by atoms with Crippen LogP contribution in [0.4, 0.5) is 11.4 Å². The molecule has 0 radical (unpaired) electrons. The summed E-state index contributed by atoms with van der Waals surface area (Å²) in [4.78, 5) is 7.74. The van der Waals surface area contributed by atoms with Crippen molar-refractivity contribution in [1.29, 1.82) is 0 Å². The van der Waals surface area contributed by atoms with Crippen molar-refractivity contribution in [2.24, 2.45) is 0 Å². The minimum atomic E-state index is 0.107. The molecule has 1 N–H and O–H groups in total. The fraction of sp³-hybridized carbons (Fsp3) is 0.478. The second-order valence-corrected chi connectivity index (χ2v) is 8.31. The van der Waals surface area contributed by atoms with Gasteiger partial charge in [0.05, 0.1) is 5.54 Å². The number of nitrogens with zero attached hydrogens (tertiary/aromatic N) is 3. The lowest BCUT2D eigenvalue weighted by atomic mass is 9.86. The highest BCUT2D eigenvalue weighted by Gasteiger charge is 2.39. The molecular formula is C23H32N4. The molecule has 0 aliphatic carbocycles. The Morgan fingerprint density at radius 3 is 2.30 bits per heavy atom. The maximum absolute atomic E-state index is 3.66. The van der Waals surface area contributed by atoms with Crippen LogP contribution in [0.25, 0.3) is 0 Å². The second-order valence-electron chi connectivity index (χ2n) is 8.31. The average Bonchev–Trinajstić information content (AvgIpc) is 2.69. The summed E-state index contributed by atoms with van der Waals surface area (Å²) in [5.74, 6) is 0. The Kier molecular flexibility index (Phi) is 5.37. The summed E-state index contributed by atoms with van der Waals surface area (Å²) in [5, 5.41) is 3.66. The highest BCUT2D eigenvalue weighted by atomic mass is 15.3. The van der Waals surface area contributed by atoms with Crippen molar-refractivity contribution < 1.29 is 0 Å². The van der Waals surface area contributed by atoms with E-state index in [1.165, 1.54) is 11.4 Å². The van der Waals surface area contributed by atoms with Gasteiger partial charge < -0.3 is 20.0 Å². The largest absolute Gasteiger partial charge is 0.366 e. The maximum Gasteiger partial charge on any atom is 0.0518 e. The molecular weight excluding hydrogens is 332 g/mol. The zero-order valence-corrected chi connectivity index (χ0v) is 16.6. The molecule has 0 saturated carbocycles. The lowest BCUT2D eigenvalue weighted by molar-refractivity contribution is 0.222. The molecule has 4 nitrogen and oxygen atoms in total. The van der Waals surface area contributed by atoms with Gasteiger partial charge in [-0.15, -0.1) is 0 Å². The summed E-state index contributed by atoms with van der Waals surface area (Å²) in [7, 11) is 2.26. The molecule has 2 saturated heterocycles. The smallest absolute Gasteiger partial charge is 0.0518 e. The summed E-state index contributed by atoms with van der Waals surface area (Å²) in [5.41, 5.74) is 2.81. The first-order chi connectivity index (χ1) is 13.2. The first-order valence-electron chi connectivity index (χ1n) is 10.2. The summed E-state index contributed by atoms with van der Waals surface area (Å²) in [6, 6.07) is 22.4. The molecule has 4 heteroatoms. The van der Waals surface area contributed by atoms with Crippen LogP contribution < -0.4 is 15.1 Å². The summed E-state index contributed by atoms with van der Waals surface area (Å²) in [6.07, 6.45) is 1.15. The van der Waals surface area contributed by atoms with E-state index in [2.05, 4.69) is 94.7 Å². The number of rotatable bonds is 4. The van der Waals surface area contributed by atoms with Gasteiger partial charge in [0.2, 0.25) is 0 Å². The van der Waals surface area contributed by atoms with Crippen LogP contribution in [0.2, 0.25) is 0 Å². The lowest BCUT2D eigenvalue weighted by Crippen LogP contribution is -2.64. The van der Waals surface area contributed by atoms with Crippen molar-refractivity contribution in [3.63, 3.8) is 0 Å². The van der Waals surface area contributed by atoms with E-state index in [4.69, 9.17) is 0 Å². The molecule has 2 aliphatic heterocycles. The minimum absolute atomic E-state index is 0.107. The molecule has 4 rings (SSSR count). The molecule has 2 aromatic carbocycles. The van der Waals surface area contributed by atoms with Gasteiger partial charge in [0.15, 0.2) is 0 Å². The van der Waals surface area contributed by atoms with Crippen molar-refractivity contribution in [1.82, 2.24) is 10.2 Å². The standard InChI is InChI=1S/C23H32N4/c1-23(19-24-13-14-27(23)21-11-7-4-8-12-21)17-22-18-25(2)15-16-26(22)20-9-5-3-6-10-20/h3-12,22,24H,13-19H2,1-2H3. The molecule has 2 aromatic rings. The molecule has 27 heavy (non-hydrogen) atoms. The predicted molar refractivity (Wildman–Crippen MR) is 115 cm³/mol. The monoisotopic (exact) mass is 364 g/mol. The van der Waals surface area contributed by atoms with Gasteiger partial charge in [0, 0.05) is 56.7 Å². The van der Waals surface area contributed by atoms with E-state index >= 15 is 0 Å². The van der Waals surface area contributed by atoms with Crippen LogP contribution >= 0.6 is 0 Å². The highest BCUT2D eigenvalue weighted by Crippen LogP contribution is 2.32. The van der Waals surface area contributed by atoms with Crippen molar-refractivity contribution in [2.45, 2.75) is 24.9 Å². The van der Waals surface area contributed by atoms with Crippen LogP contribution in [0, 0.1) is 0 Å². The van der Waals surface area contributed by atoms with Crippen molar-refractivity contribution >= 4 is 11.4 Å². The maximum atomic E-state index is 3.66. The third-order valence-corrected chi connectivity index (χ3v) is 6.19. The summed E-state index contributed by atoms with van der Waals surface area (Å²) in [6.45, 7) is 8.93. The molecule has 0 amide bonds.